The van der Waals surface area contributed by atoms with Crippen LogP contribution in [0, 0.1) is 0 Å². The summed E-state index contributed by atoms with van der Waals surface area (Å²) in [6.45, 7) is 4.36. The summed E-state index contributed by atoms with van der Waals surface area (Å²) in [4.78, 5) is 0. The van der Waals surface area contributed by atoms with Crippen LogP contribution in [0.5, 0.6) is 0 Å². The topological polar surface area (TPSA) is 8.81 Å². The van der Waals surface area contributed by atoms with Crippen LogP contribution in [-0.2, 0) is 0 Å². The molecule has 0 aliphatic carbocycles. The Morgan fingerprint density at radius 2 is 1.79 bits per heavy atom. The summed E-state index contributed by atoms with van der Waals surface area (Å²) >= 11 is 0. The molecule has 1 aromatic heterocycles. The second-order valence-electron chi connectivity index (χ2n) is 3.64. The fourth-order valence-corrected chi connectivity index (χ4v) is 1.58. The van der Waals surface area contributed by atoms with Gasteiger partial charge in [-0.1, -0.05) is 22.9 Å². The van der Waals surface area contributed by atoms with E-state index in [1.54, 1.807) is 0 Å². The minimum Gasteiger partial charge on any atom is -0.153 e. The normalized spacial score (nSPS) is 10.8. The second kappa shape index (κ2) is 3.66. The quantitative estimate of drug-likeness (QED) is 0.638. The zero-order chi connectivity index (χ0) is 9.97. The fraction of sp³-hybridized carbons (Fsp3) is 0.250. The summed E-state index contributed by atoms with van der Waals surface area (Å²) in [6, 6.07) is 12.9. The number of nitrogens with zero attached hydrogens (tertiary/aromatic N) is 2. The lowest BCUT2D eigenvalue weighted by atomic mass is 10.3. The van der Waals surface area contributed by atoms with Crippen molar-refractivity contribution < 1.29 is 4.68 Å². The van der Waals surface area contributed by atoms with Crippen LogP contribution in [0.25, 0.3) is 5.69 Å². The summed E-state index contributed by atoms with van der Waals surface area (Å²) in [5, 5.41) is 0. The Labute approximate surface area is 84.4 Å². The van der Waals surface area contributed by atoms with Crippen LogP contribution >= 0.6 is 0 Å². The Morgan fingerprint density at radius 1 is 1.07 bits per heavy atom. The summed E-state index contributed by atoms with van der Waals surface area (Å²) in [5.74, 6) is 0. The smallest absolute Gasteiger partial charge is 0.153 e. The molecule has 0 saturated carbocycles. The van der Waals surface area contributed by atoms with Gasteiger partial charge in [0.05, 0.1) is 12.2 Å². The van der Waals surface area contributed by atoms with Crippen LogP contribution in [0.15, 0.2) is 48.8 Å². The van der Waals surface area contributed by atoms with Gasteiger partial charge in [-0.05, 0) is 13.8 Å². The van der Waals surface area contributed by atoms with Gasteiger partial charge in [0.15, 0.2) is 0 Å². The SMILES string of the molecule is CC(C)n1ccc[n+]1-c1ccccc1. The first-order valence-corrected chi connectivity index (χ1v) is 4.93. The molecule has 0 unspecified atom stereocenters. The fourth-order valence-electron chi connectivity index (χ4n) is 1.58. The Morgan fingerprint density at radius 3 is 2.43 bits per heavy atom. The van der Waals surface area contributed by atoms with Gasteiger partial charge in [-0.25, -0.2) is 0 Å². The lowest BCUT2D eigenvalue weighted by molar-refractivity contribution is -0.687. The highest BCUT2D eigenvalue weighted by Crippen LogP contribution is 2.03. The number of hydrogen-bond donors (Lipinski definition) is 0. The van der Waals surface area contributed by atoms with Gasteiger partial charge in [-0.3, -0.25) is 0 Å². The monoisotopic (exact) mass is 187 g/mol. The van der Waals surface area contributed by atoms with Crippen molar-refractivity contribution in [3.8, 4) is 5.69 Å². The average molecular weight is 187 g/mol. The van der Waals surface area contributed by atoms with Crippen LogP contribution in [0.2, 0.25) is 0 Å². The van der Waals surface area contributed by atoms with Crippen molar-refractivity contribution in [2.24, 2.45) is 0 Å². The van der Waals surface area contributed by atoms with E-state index in [1.807, 2.05) is 6.07 Å². The molecule has 0 amide bonds. The van der Waals surface area contributed by atoms with Crippen molar-refractivity contribution in [1.29, 1.82) is 0 Å². The minimum absolute atomic E-state index is 0.477. The summed E-state index contributed by atoms with van der Waals surface area (Å²) in [6.07, 6.45) is 4.17. The summed E-state index contributed by atoms with van der Waals surface area (Å²) in [5.41, 5.74) is 1.20. The van der Waals surface area contributed by atoms with Gasteiger partial charge in [0.25, 0.3) is 0 Å². The molecule has 0 radical (unpaired) electrons. The maximum absolute atomic E-state index is 2.20. The van der Waals surface area contributed by atoms with E-state index in [-0.39, 0.29) is 0 Å². The molecule has 0 spiro atoms. The molecular weight excluding hydrogens is 172 g/mol. The lowest BCUT2D eigenvalue weighted by Gasteiger charge is -2.04. The van der Waals surface area contributed by atoms with E-state index in [0.29, 0.717) is 6.04 Å². The van der Waals surface area contributed by atoms with E-state index >= 15 is 0 Å². The number of benzene rings is 1. The Hall–Kier alpha value is -1.57. The summed E-state index contributed by atoms with van der Waals surface area (Å²) in [7, 11) is 0. The largest absolute Gasteiger partial charge is 0.235 e. The molecule has 1 aromatic carbocycles. The van der Waals surface area contributed by atoms with E-state index < -0.39 is 0 Å². The molecule has 0 bridgehead atoms. The van der Waals surface area contributed by atoms with E-state index in [4.69, 9.17) is 0 Å². The van der Waals surface area contributed by atoms with Crippen molar-refractivity contribution in [3.63, 3.8) is 0 Å². The van der Waals surface area contributed by atoms with Crippen molar-refractivity contribution in [2.45, 2.75) is 19.9 Å². The zero-order valence-corrected chi connectivity index (χ0v) is 8.59. The van der Waals surface area contributed by atoms with Gasteiger partial charge in [-0.2, -0.15) is 4.68 Å². The van der Waals surface area contributed by atoms with Crippen molar-refractivity contribution >= 4 is 0 Å². The molecule has 2 nitrogen and oxygen atoms in total. The standard InChI is InChI=1S/C12H15N2/c1-11(2)13-9-6-10-14(13)12-7-4-3-5-8-12/h3-11H,1-2H3/q+1. The maximum Gasteiger partial charge on any atom is 0.235 e. The maximum atomic E-state index is 2.20. The van der Waals surface area contributed by atoms with Gasteiger partial charge in [0.1, 0.15) is 0 Å². The molecule has 14 heavy (non-hydrogen) atoms. The first-order chi connectivity index (χ1) is 6.79. The molecule has 72 valence electrons. The van der Waals surface area contributed by atoms with Crippen molar-refractivity contribution in [3.05, 3.63) is 48.8 Å². The van der Waals surface area contributed by atoms with Gasteiger partial charge < -0.3 is 0 Å². The zero-order valence-electron chi connectivity index (χ0n) is 8.59. The molecular formula is C12H15N2+. The molecule has 0 atom stereocenters. The molecule has 0 aliphatic heterocycles. The van der Waals surface area contributed by atoms with Gasteiger partial charge in [-0.15, -0.1) is 0 Å². The van der Waals surface area contributed by atoms with E-state index in [2.05, 4.69) is 65.9 Å². The number of aromatic nitrogens is 2. The molecule has 1 heterocycles. The Kier molecular flexibility index (Phi) is 2.35. The average Bonchev–Trinajstić information content (AvgIpc) is 2.67. The highest BCUT2D eigenvalue weighted by atomic mass is 15.4. The highest BCUT2D eigenvalue weighted by molar-refractivity contribution is 5.20. The number of hydrogen-bond acceptors (Lipinski definition) is 0. The highest BCUT2D eigenvalue weighted by Gasteiger charge is 2.12. The van der Waals surface area contributed by atoms with Gasteiger partial charge >= 0.3 is 0 Å². The molecule has 2 heteroatoms. The second-order valence-corrected chi connectivity index (χ2v) is 3.64. The third-order valence-corrected chi connectivity index (χ3v) is 2.26. The minimum atomic E-state index is 0.477. The first kappa shape index (κ1) is 9.00. The van der Waals surface area contributed by atoms with E-state index in [1.165, 1.54) is 5.69 Å². The predicted molar refractivity (Wildman–Crippen MR) is 56.3 cm³/mol. The van der Waals surface area contributed by atoms with Crippen molar-refractivity contribution in [2.75, 3.05) is 0 Å². The molecule has 0 saturated heterocycles. The van der Waals surface area contributed by atoms with Crippen molar-refractivity contribution in [1.82, 2.24) is 4.68 Å². The van der Waals surface area contributed by atoms with Crippen LogP contribution in [0.3, 0.4) is 0 Å². The third kappa shape index (κ3) is 1.55. The lowest BCUT2D eigenvalue weighted by Crippen LogP contribution is -2.40. The predicted octanol–water partition coefficient (Wildman–Crippen LogP) is 2.35. The molecule has 2 aromatic rings. The van der Waals surface area contributed by atoms with E-state index in [9.17, 15) is 0 Å². The third-order valence-electron chi connectivity index (χ3n) is 2.26. The molecule has 0 fully saturated rings. The van der Waals surface area contributed by atoms with Crippen LogP contribution in [-0.4, -0.2) is 4.68 Å². The van der Waals surface area contributed by atoms with Crippen LogP contribution < -0.4 is 4.68 Å². The van der Waals surface area contributed by atoms with E-state index in [0.717, 1.165) is 0 Å². The molecule has 0 aliphatic rings. The molecule has 2 rings (SSSR count). The van der Waals surface area contributed by atoms with Crippen LogP contribution in [0.4, 0.5) is 0 Å². The summed E-state index contributed by atoms with van der Waals surface area (Å²) < 4.78 is 4.36. The van der Waals surface area contributed by atoms with Crippen LogP contribution in [0.1, 0.15) is 19.9 Å². The Balaban J connectivity index is 2.47. The number of para-hydroxylation sites is 1. The Bertz CT molecular complexity index is 401. The molecule has 0 N–H and O–H groups in total. The number of rotatable bonds is 2. The van der Waals surface area contributed by atoms with Gasteiger partial charge in [0, 0.05) is 18.2 Å². The van der Waals surface area contributed by atoms with Gasteiger partial charge in [0.2, 0.25) is 11.9 Å². The first-order valence-electron chi connectivity index (χ1n) is 4.93.